The second kappa shape index (κ2) is 8.16. The lowest BCUT2D eigenvalue weighted by Crippen LogP contribution is -2.14. The van der Waals surface area contributed by atoms with Gasteiger partial charge in [-0.1, -0.05) is 80.1 Å². The van der Waals surface area contributed by atoms with Crippen LogP contribution in [0.5, 0.6) is 0 Å². The largest absolute Gasteiger partial charge is 0.269 e. The van der Waals surface area contributed by atoms with E-state index in [1.54, 1.807) is 12.1 Å². The Kier molecular flexibility index (Phi) is 5.29. The minimum absolute atomic E-state index is 0.261. The van der Waals surface area contributed by atoms with Crippen LogP contribution < -0.4 is 0 Å². The Morgan fingerprint density at radius 2 is 1.48 bits per heavy atom. The van der Waals surface area contributed by atoms with E-state index in [9.17, 15) is 8.42 Å². The number of benzene rings is 3. The van der Waals surface area contributed by atoms with Crippen molar-refractivity contribution in [1.29, 1.82) is 0 Å². The number of fused-ring (bicyclic) bond motifs is 3. The highest BCUT2D eigenvalue weighted by Crippen LogP contribution is 2.41. The van der Waals surface area contributed by atoms with Gasteiger partial charge in [-0.25, -0.2) is 17.4 Å². The molecule has 4 nitrogen and oxygen atoms in total. The molecule has 3 aromatic carbocycles. The molecule has 33 heavy (non-hydrogen) atoms. The molecule has 0 N–H and O–H groups in total. The van der Waals surface area contributed by atoms with Gasteiger partial charge in [-0.3, -0.25) is 0 Å². The van der Waals surface area contributed by atoms with E-state index in [0.717, 1.165) is 46.0 Å². The summed E-state index contributed by atoms with van der Waals surface area (Å²) in [5.41, 5.74) is 6.42. The molecule has 0 amide bonds. The van der Waals surface area contributed by atoms with Gasteiger partial charge in [0.15, 0.2) is 5.65 Å². The zero-order valence-electron chi connectivity index (χ0n) is 19.0. The summed E-state index contributed by atoms with van der Waals surface area (Å²) in [5.74, 6) is 0. The van der Waals surface area contributed by atoms with Gasteiger partial charge in [0.1, 0.15) is 0 Å². The molecule has 0 unspecified atom stereocenters. The van der Waals surface area contributed by atoms with Crippen molar-refractivity contribution in [2.75, 3.05) is 0 Å². The van der Waals surface area contributed by atoms with Crippen LogP contribution in [0, 0.1) is 6.92 Å². The van der Waals surface area contributed by atoms with Crippen molar-refractivity contribution in [2.24, 2.45) is 0 Å². The number of rotatable bonds is 5. The fraction of sp³-hybridized carbons (Fsp3) is 0.179. The summed E-state index contributed by atoms with van der Waals surface area (Å²) in [6, 6.07) is 24.9. The van der Waals surface area contributed by atoms with E-state index in [1.807, 2.05) is 61.5 Å². The Morgan fingerprint density at radius 3 is 2.15 bits per heavy atom. The Balaban J connectivity index is 2.00. The van der Waals surface area contributed by atoms with Gasteiger partial charge in [0.2, 0.25) is 0 Å². The topological polar surface area (TPSA) is 52.0 Å². The average molecular weight is 455 g/mol. The lowest BCUT2D eigenvalue weighted by Gasteiger charge is -2.16. The highest BCUT2D eigenvalue weighted by Gasteiger charge is 2.27. The van der Waals surface area contributed by atoms with E-state index in [0.29, 0.717) is 11.2 Å². The SMILES string of the molecule is CCc1nc2c(c(-c3ccccc3)c1CC)c1ccccc1n2S(=O)(=O)c1ccc(C)cc1. The Labute approximate surface area is 194 Å². The second-order valence-corrected chi connectivity index (χ2v) is 10.1. The van der Waals surface area contributed by atoms with Gasteiger partial charge in [0.05, 0.1) is 10.4 Å². The zero-order chi connectivity index (χ0) is 23.2. The van der Waals surface area contributed by atoms with Crippen molar-refractivity contribution in [3.63, 3.8) is 0 Å². The predicted molar refractivity (Wildman–Crippen MR) is 135 cm³/mol. The summed E-state index contributed by atoms with van der Waals surface area (Å²) in [4.78, 5) is 5.24. The van der Waals surface area contributed by atoms with Crippen molar-refractivity contribution < 1.29 is 8.42 Å². The predicted octanol–water partition coefficient (Wildman–Crippen LogP) is 6.53. The maximum absolute atomic E-state index is 14.0. The van der Waals surface area contributed by atoms with Gasteiger partial charge in [-0.2, -0.15) is 0 Å². The molecule has 5 rings (SSSR count). The number of para-hydroxylation sites is 1. The monoisotopic (exact) mass is 454 g/mol. The molecule has 0 aliphatic rings. The molecule has 0 saturated carbocycles. The van der Waals surface area contributed by atoms with Crippen LogP contribution in [0.1, 0.15) is 30.7 Å². The van der Waals surface area contributed by atoms with Crippen LogP contribution in [-0.2, 0) is 22.9 Å². The summed E-state index contributed by atoms with van der Waals surface area (Å²) >= 11 is 0. The number of aryl methyl sites for hydroxylation is 2. The van der Waals surface area contributed by atoms with E-state index < -0.39 is 10.0 Å². The Bertz CT molecular complexity index is 1580. The molecule has 0 saturated heterocycles. The molecule has 5 aromatic rings. The number of hydrogen-bond donors (Lipinski definition) is 0. The zero-order valence-corrected chi connectivity index (χ0v) is 19.9. The fourth-order valence-electron chi connectivity index (χ4n) is 4.69. The second-order valence-electron chi connectivity index (χ2n) is 8.28. The Hall–Kier alpha value is -3.44. The first-order valence-electron chi connectivity index (χ1n) is 11.3. The first-order valence-corrected chi connectivity index (χ1v) is 12.7. The van der Waals surface area contributed by atoms with Crippen LogP contribution in [0.25, 0.3) is 33.1 Å². The molecule has 0 aliphatic carbocycles. The minimum atomic E-state index is -3.85. The molecular formula is C28H26N2O2S. The Morgan fingerprint density at radius 1 is 0.818 bits per heavy atom. The van der Waals surface area contributed by atoms with Gasteiger partial charge >= 0.3 is 0 Å². The quantitative estimate of drug-likeness (QED) is 0.303. The average Bonchev–Trinajstić information content (AvgIpc) is 3.18. The number of pyridine rings is 1. The lowest BCUT2D eigenvalue weighted by atomic mass is 9.92. The molecule has 0 spiro atoms. The minimum Gasteiger partial charge on any atom is -0.233 e. The first-order chi connectivity index (χ1) is 16.0. The van der Waals surface area contributed by atoms with Crippen LogP contribution in [0.4, 0.5) is 0 Å². The van der Waals surface area contributed by atoms with Crippen molar-refractivity contribution in [2.45, 2.75) is 38.5 Å². The van der Waals surface area contributed by atoms with Crippen LogP contribution >= 0.6 is 0 Å². The molecular weight excluding hydrogens is 428 g/mol. The van der Waals surface area contributed by atoms with Crippen LogP contribution in [-0.4, -0.2) is 17.4 Å². The van der Waals surface area contributed by atoms with Crippen LogP contribution in [0.15, 0.2) is 83.8 Å². The van der Waals surface area contributed by atoms with Crippen molar-refractivity contribution in [3.8, 4) is 11.1 Å². The molecule has 2 heterocycles. The fourth-order valence-corrected chi connectivity index (χ4v) is 6.16. The van der Waals surface area contributed by atoms with Gasteiger partial charge in [0, 0.05) is 16.5 Å². The lowest BCUT2D eigenvalue weighted by molar-refractivity contribution is 0.590. The first kappa shape index (κ1) is 21.4. The number of nitrogens with zero attached hydrogens (tertiary/aromatic N) is 2. The van der Waals surface area contributed by atoms with Gasteiger partial charge in [0.25, 0.3) is 10.0 Å². The van der Waals surface area contributed by atoms with E-state index in [1.165, 1.54) is 9.54 Å². The molecule has 0 fully saturated rings. The van der Waals surface area contributed by atoms with Crippen LogP contribution in [0.3, 0.4) is 0 Å². The number of aromatic nitrogens is 2. The smallest absolute Gasteiger partial charge is 0.233 e. The maximum Gasteiger partial charge on any atom is 0.269 e. The van der Waals surface area contributed by atoms with Crippen molar-refractivity contribution >= 4 is 32.0 Å². The summed E-state index contributed by atoms with van der Waals surface area (Å²) in [5, 5.41) is 1.79. The van der Waals surface area contributed by atoms with Crippen LogP contribution in [0.2, 0.25) is 0 Å². The van der Waals surface area contributed by atoms with Gasteiger partial charge < -0.3 is 0 Å². The van der Waals surface area contributed by atoms with Crippen molar-refractivity contribution in [1.82, 2.24) is 8.96 Å². The third-order valence-electron chi connectivity index (χ3n) is 6.26. The number of hydrogen-bond acceptors (Lipinski definition) is 3. The van der Waals surface area contributed by atoms with Gasteiger partial charge in [-0.15, -0.1) is 0 Å². The summed E-state index contributed by atoms with van der Waals surface area (Å²) < 4.78 is 29.4. The molecule has 5 heteroatoms. The third kappa shape index (κ3) is 3.35. The van der Waals surface area contributed by atoms with Crippen molar-refractivity contribution in [3.05, 3.63) is 95.7 Å². The molecule has 0 radical (unpaired) electrons. The third-order valence-corrected chi connectivity index (χ3v) is 7.98. The van der Waals surface area contributed by atoms with E-state index in [4.69, 9.17) is 4.98 Å². The molecule has 166 valence electrons. The molecule has 0 aliphatic heterocycles. The molecule has 0 bridgehead atoms. The highest BCUT2D eigenvalue weighted by molar-refractivity contribution is 7.90. The summed E-state index contributed by atoms with van der Waals surface area (Å²) in [6.45, 7) is 6.16. The van der Waals surface area contributed by atoms with E-state index in [-0.39, 0.29) is 4.90 Å². The normalized spacial score (nSPS) is 12.0. The summed E-state index contributed by atoms with van der Waals surface area (Å²) in [7, 11) is -3.85. The summed E-state index contributed by atoms with van der Waals surface area (Å²) in [6.07, 6.45) is 1.55. The maximum atomic E-state index is 14.0. The van der Waals surface area contributed by atoms with E-state index >= 15 is 0 Å². The molecule has 0 atom stereocenters. The van der Waals surface area contributed by atoms with Gasteiger partial charge in [-0.05, 0) is 54.7 Å². The van der Waals surface area contributed by atoms with E-state index in [2.05, 4.69) is 26.0 Å². The highest BCUT2D eigenvalue weighted by atomic mass is 32.2. The molecule has 2 aromatic heterocycles. The standard InChI is InChI=1S/C28H26N2O2S/c1-4-22-24(5-2)29-28-27(26(22)20-11-7-6-8-12-20)23-13-9-10-14-25(23)30(28)33(31,32)21-17-15-19(3)16-18-21/h6-18H,4-5H2,1-3H3.